The van der Waals surface area contributed by atoms with Crippen LogP contribution in [0.5, 0.6) is 0 Å². The molecule has 2 aromatic rings. The first-order chi connectivity index (χ1) is 9.29. The zero-order chi connectivity index (χ0) is 13.2. The van der Waals surface area contributed by atoms with Gasteiger partial charge in [-0.2, -0.15) is 0 Å². The summed E-state index contributed by atoms with van der Waals surface area (Å²) in [6, 6.07) is 7.92. The van der Waals surface area contributed by atoms with Crippen molar-refractivity contribution in [2.24, 2.45) is 5.73 Å². The predicted octanol–water partition coefficient (Wildman–Crippen LogP) is 1.38. The molecule has 0 unspecified atom stereocenters. The van der Waals surface area contributed by atoms with Crippen LogP contribution >= 0.6 is 0 Å². The first-order valence-electron chi connectivity index (χ1n) is 6.34. The van der Waals surface area contributed by atoms with E-state index in [0.29, 0.717) is 25.4 Å². The van der Waals surface area contributed by atoms with Gasteiger partial charge in [0.2, 0.25) is 5.76 Å². The number of aromatic nitrogens is 1. The smallest absolute Gasteiger partial charge is 0.295 e. The molecule has 1 aliphatic rings. The van der Waals surface area contributed by atoms with Crippen LogP contribution in [-0.2, 0) is 12.8 Å². The Balaban J connectivity index is 1.85. The Morgan fingerprint density at radius 1 is 1.42 bits per heavy atom. The number of carbonyl (C=O) groups is 1. The number of amides is 1. The molecule has 0 radical (unpaired) electrons. The number of nitrogens with zero attached hydrogens (tertiary/aromatic N) is 2. The Hall–Kier alpha value is -2.14. The number of rotatable bonds is 3. The lowest BCUT2D eigenvalue weighted by molar-refractivity contribution is 0.0961. The third kappa shape index (κ3) is 2.13. The maximum Gasteiger partial charge on any atom is 0.295 e. The lowest BCUT2D eigenvalue weighted by atomic mass is 10.2. The summed E-state index contributed by atoms with van der Waals surface area (Å²) in [6.07, 6.45) is 2.91. The van der Waals surface area contributed by atoms with Crippen molar-refractivity contribution in [1.29, 1.82) is 0 Å². The molecule has 0 aliphatic carbocycles. The number of benzene rings is 1. The summed E-state index contributed by atoms with van der Waals surface area (Å²) in [7, 11) is 0. The Labute approximate surface area is 111 Å². The van der Waals surface area contributed by atoms with Gasteiger partial charge in [-0.3, -0.25) is 4.79 Å². The van der Waals surface area contributed by atoms with Gasteiger partial charge in [0.25, 0.3) is 5.91 Å². The fourth-order valence-electron chi connectivity index (χ4n) is 2.33. The van der Waals surface area contributed by atoms with Gasteiger partial charge in [-0.1, -0.05) is 18.2 Å². The first-order valence-corrected chi connectivity index (χ1v) is 6.34. The summed E-state index contributed by atoms with van der Waals surface area (Å²) < 4.78 is 5.43. The van der Waals surface area contributed by atoms with E-state index in [9.17, 15) is 4.79 Å². The van der Waals surface area contributed by atoms with E-state index in [4.69, 9.17) is 10.2 Å². The number of nitrogens with two attached hydrogens (primary N) is 1. The number of hydrogen-bond donors (Lipinski definition) is 1. The monoisotopic (exact) mass is 257 g/mol. The molecule has 2 N–H and O–H groups in total. The highest BCUT2D eigenvalue weighted by molar-refractivity contribution is 6.05. The normalized spacial score (nSPS) is 13.6. The maximum atomic E-state index is 12.4. The molecule has 0 saturated heterocycles. The van der Waals surface area contributed by atoms with Crippen LogP contribution in [0, 0.1) is 0 Å². The summed E-state index contributed by atoms with van der Waals surface area (Å²) in [5, 5.41) is 0. The zero-order valence-corrected chi connectivity index (χ0v) is 10.5. The van der Waals surface area contributed by atoms with Crippen molar-refractivity contribution < 1.29 is 9.21 Å². The van der Waals surface area contributed by atoms with Crippen molar-refractivity contribution >= 4 is 11.6 Å². The molecule has 0 saturated carbocycles. The highest BCUT2D eigenvalue weighted by atomic mass is 16.4. The third-order valence-corrected chi connectivity index (χ3v) is 3.25. The molecular formula is C14H15N3O2. The molecule has 98 valence electrons. The Bertz CT molecular complexity index is 606. The van der Waals surface area contributed by atoms with Crippen LogP contribution in [-0.4, -0.2) is 24.0 Å². The van der Waals surface area contributed by atoms with Crippen LogP contribution in [0.25, 0.3) is 0 Å². The van der Waals surface area contributed by atoms with Crippen molar-refractivity contribution in [3.63, 3.8) is 0 Å². The number of carbonyl (C=O) groups excluding carboxylic acids is 1. The average molecular weight is 257 g/mol. The van der Waals surface area contributed by atoms with Crippen LogP contribution in [0.4, 0.5) is 5.69 Å². The van der Waals surface area contributed by atoms with Crippen LogP contribution in [0.1, 0.15) is 22.0 Å². The second-order valence-corrected chi connectivity index (χ2v) is 4.49. The van der Waals surface area contributed by atoms with Crippen molar-refractivity contribution in [3.05, 3.63) is 47.7 Å². The van der Waals surface area contributed by atoms with Gasteiger partial charge in [0, 0.05) is 25.2 Å². The van der Waals surface area contributed by atoms with Crippen molar-refractivity contribution in [1.82, 2.24) is 4.98 Å². The summed E-state index contributed by atoms with van der Waals surface area (Å²) in [4.78, 5) is 18.2. The largest absolute Gasteiger partial charge is 0.435 e. The molecule has 5 nitrogen and oxygen atoms in total. The molecule has 1 aromatic carbocycles. The Morgan fingerprint density at radius 3 is 3.11 bits per heavy atom. The number of oxazole rings is 1. The van der Waals surface area contributed by atoms with Crippen molar-refractivity contribution in [2.45, 2.75) is 12.8 Å². The molecule has 1 aromatic heterocycles. The van der Waals surface area contributed by atoms with Gasteiger partial charge in [-0.25, -0.2) is 4.98 Å². The fraction of sp³-hybridized carbons (Fsp3) is 0.286. The molecule has 0 bridgehead atoms. The van der Waals surface area contributed by atoms with Crippen LogP contribution < -0.4 is 10.6 Å². The molecule has 0 atom stereocenters. The molecule has 1 amide bonds. The van der Waals surface area contributed by atoms with E-state index < -0.39 is 0 Å². The predicted molar refractivity (Wildman–Crippen MR) is 71.1 cm³/mol. The van der Waals surface area contributed by atoms with E-state index in [1.165, 1.54) is 11.8 Å². The van der Waals surface area contributed by atoms with E-state index in [0.717, 1.165) is 12.1 Å². The topological polar surface area (TPSA) is 72.4 Å². The maximum absolute atomic E-state index is 12.4. The molecule has 0 fully saturated rings. The summed E-state index contributed by atoms with van der Waals surface area (Å²) >= 11 is 0. The molecule has 19 heavy (non-hydrogen) atoms. The Kier molecular flexibility index (Phi) is 3.05. The number of hydrogen-bond acceptors (Lipinski definition) is 4. The lowest BCUT2D eigenvalue weighted by Crippen LogP contribution is -2.28. The van der Waals surface area contributed by atoms with Crippen LogP contribution in [0.15, 0.2) is 34.9 Å². The van der Waals surface area contributed by atoms with E-state index in [2.05, 4.69) is 4.98 Å². The van der Waals surface area contributed by atoms with E-state index in [1.807, 2.05) is 24.3 Å². The van der Waals surface area contributed by atoms with Gasteiger partial charge >= 0.3 is 0 Å². The minimum absolute atomic E-state index is 0.138. The zero-order valence-electron chi connectivity index (χ0n) is 10.5. The molecular weight excluding hydrogens is 242 g/mol. The van der Waals surface area contributed by atoms with Crippen LogP contribution in [0.3, 0.4) is 0 Å². The standard InChI is InChI=1S/C14H15N3O2/c15-7-5-13-16-9-12(19-13)14(18)17-8-6-10-3-1-2-4-11(10)17/h1-4,9H,5-8,15H2. The third-order valence-electron chi connectivity index (χ3n) is 3.25. The number of fused-ring (bicyclic) bond motifs is 1. The average Bonchev–Trinajstić information content (AvgIpc) is 3.05. The lowest BCUT2D eigenvalue weighted by Gasteiger charge is -2.15. The highest BCUT2D eigenvalue weighted by Gasteiger charge is 2.27. The number of para-hydroxylation sites is 1. The molecule has 0 spiro atoms. The van der Waals surface area contributed by atoms with Crippen molar-refractivity contribution in [3.8, 4) is 0 Å². The summed E-state index contributed by atoms with van der Waals surface area (Å²) in [5.74, 6) is 0.652. The molecule has 5 heteroatoms. The van der Waals surface area contributed by atoms with E-state index >= 15 is 0 Å². The van der Waals surface area contributed by atoms with Crippen LogP contribution in [0.2, 0.25) is 0 Å². The summed E-state index contributed by atoms with van der Waals surface area (Å²) in [5.41, 5.74) is 7.59. The van der Waals surface area contributed by atoms with Gasteiger partial charge in [0.1, 0.15) is 0 Å². The van der Waals surface area contributed by atoms with Gasteiger partial charge in [-0.05, 0) is 18.1 Å². The number of anilines is 1. The van der Waals surface area contributed by atoms with Crippen molar-refractivity contribution in [2.75, 3.05) is 18.0 Å². The second-order valence-electron chi connectivity index (χ2n) is 4.49. The van der Waals surface area contributed by atoms with Gasteiger partial charge < -0.3 is 15.1 Å². The minimum Gasteiger partial charge on any atom is -0.435 e. The summed E-state index contributed by atoms with van der Waals surface area (Å²) in [6.45, 7) is 1.14. The van der Waals surface area contributed by atoms with E-state index in [1.54, 1.807) is 4.90 Å². The van der Waals surface area contributed by atoms with Gasteiger partial charge in [0.05, 0.1) is 6.20 Å². The van der Waals surface area contributed by atoms with Gasteiger partial charge in [-0.15, -0.1) is 0 Å². The molecule has 1 aliphatic heterocycles. The Morgan fingerprint density at radius 2 is 2.26 bits per heavy atom. The van der Waals surface area contributed by atoms with E-state index in [-0.39, 0.29) is 11.7 Å². The second kappa shape index (κ2) is 4.85. The highest BCUT2D eigenvalue weighted by Crippen LogP contribution is 2.28. The quantitative estimate of drug-likeness (QED) is 0.901. The minimum atomic E-state index is -0.138. The van der Waals surface area contributed by atoms with Gasteiger partial charge in [0.15, 0.2) is 5.89 Å². The fourth-order valence-corrected chi connectivity index (χ4v) is 2.33. The molecule has 2 heterocycles. The molecule has 3 rings (SSSR count). The SMILES string of the molecule is NCCc1ncc(C(=O)N2CCc3ccccc32)o1. The first kappa shape index (κ1) is 11.9.